The van der Waals surface area contributed by atoms with Crippen LogP contribution in [0.15, 0.2) is 46.9 Å². The van der Waals surface area contributed by atoms with Gasteiger partial charge in [-0.05, 0) is 30.3 Å². The molecule has 27 heavy (non-hydrogen) atoms. The van der Waals surface area contributed by atoms with Crippen LogP contribution in [0.2, 0.25) is 0 Å². The van der Waals surface area contributed by atoms with E-state index in [0.717, 1.165) is 48.1 Å². The van der Waals surface area contributed by atoms with Gasteiger partial charge in [0, 0.05) is 42.5 Å². The van der Waals surface area contributed by atoms with Crippen LogP contribution in [0.5, 0.6) is 0 Å². The highest BCUT2D eigenvalue weighted by Gasteiger charge is 2.45. The second-order valence-corrected chi connectivity index (χ2v) is 9.89. The summed E-state index contributed by atoms with van der Waals surface area (Å²) in [4.78, 5) is 4.70. The molecule has 0 bridgehead atoms. The Hall–Kier alpha value is -1.89. The fraction of sp³-hybridized carbons (Fsp3) is 0.429. The first-order chi connectivity index (χ1) is 13.0. The van der Waals surface area contributed by atoms with Gasteiger partial charge in [0.15, 0.2) is 9.84 Å². The smallest absolute Gasteiger partial charge is 0.153 e. The van der Waals surface area contributed by atoms with Crippen LogP contribution in [0, 0.1) is 0 Å². The van der Waals surface area contributed by atoms with Crippen LogP contribution >= 0.6 is 0 Å². The van der Waals surface area contributed by atoms with Crippen LogP contribution in [0.4, 0.5) is 0 Å². The van der Waals surface area contributed by atoms with Gasteiger partial charge in [-0.3, -0.25) is 9.80 Å². The Morgan fingerprint density at radius 3 is 2.48 bits per heavy atom. The van der Waals surface area contributed by atoms with Crippen molar-refractivity contribution in [2.24, 2.45) is 0 Å². The van der Waals surface area contributed by atoms with Gasteiger partial charge >= 0.3 is 0 Å². The SMILES string of the molecule is CCN1CCN(Cc2ccc3oc4ccccc4c3c2)[C@@H]2CS(=O)(=O)C[C@@H]21. The molecule has 0 N–H and O–H groups in total. The summed E-state index contributed by atoms with van der Waals surface area (Å²) in [5.74, 6) is 0.582. The number of piperazine rings is 1. The third kappa shape index (κ3) is 2.96. The molecular weight excluding hydrogens is 360 g/mol. The standard InChI is InChI=1S/C21H24N2O3S/c1-2-22-9-10-23(19-14-27(24,25)13-18(19)22)12-15-7-8-21-17(11-15)16-5-3-4-6-20(16)26-21/h3-8,11,18-19H,2,9-10,12-14H2,1H3/t18-,19+/m0/s1. The number of benzene rings is 2. The van der Waals surface area contributed by atoms with Crippen molar-refractivity contribution in [3.8, 4) is 0 Å². The van der Waals surface area contributed by atoms with Gasteiger partial charge in [0.05, 0.1) is 11.5 Å². The number of likely N-dealkylation sites (N-methyl/N-ethyl adjacent to an activating group) is 1. The Balaban J connectivity index is 1.46. The maximum Gasteiger partial charge on any atom is 0.153 e. The maximum atomic E-state index is 12.3. The molecule has 5 nitrogen and oxygen atoms in total. The molecule has 3 heterocycles. The number of rotatable bonds is 3. The Morgan fingerprint density at radius 2 is 1.67 bits per heavy atom. The molecule has 6 heteroatoms. The van der Waals surface area contributed by atoms with Crippen LogP contribution in [0.25, 0.3) is 21.9 Å². The number of hydrogen-bond acceptors (Lipinski definition) is 5. The maximum absolute atomic E-state index is 12.3. The molecule has 2 aliphatic rings. The molecule has 2 aromatic carbocycles. The minimum Gasteiger partial charge on any atom is -0.456 e. The van der Waals surface area contributed by atoms with Gasteiger partial charge in [-0.15, -0.1) is 0 Å². The van der Waals surface area contributed by atoms with Gasteiger partial charge < -0.3 is 4.42 Å². The number of nitrogens with zero attached hydrogens (tertiary/aromatic N) is 2. The molecule has 0 saturated carbocycles. The van der Waals surface area contributed by atoms with E-state index in [0.29, 0.717) is 5.75 Å². The summed E-state index contributed by atoms with van der Waals surface area (Å²) in [7, 11) is -2.95. The fourth-order valence-electron chi connectivity index (χ4n) is 4.79. The first kappa shape index (κ1) is 17.2. The molecule has 3 aromatic rings. The minimum absolute atomic E-state index is 0.0977. The molecule has 0 unspecified atom stereocenters. The zero-order valence-electron chi connectivity index (χ0n) is 15.5. The summed E-state index contributed by atoms with van der Waals surface area (Å²) in [6, 6.07) is 14.7. The lowest BCUT2D eigenvalue weighted by molar-refractivity contribution is 0.0439. The van der Waals surface area contributed by atoms with Crippen molar-refractivity contribution in [3.05, 3.63) is 48.0 Å². The highest BCUT2D eigenvalue weighted by molar-refractivity contribution is 7.91. The van der Waals surface area contributed by atoms with Gasteiger partial charge in [-0.25, -0.2) is 8.42 Å². The van der Waals surface area contributed by atoms with Gasteiger partial charge in [0.25, 0.3) is 0 Å². The predicted octanol–water partition coefficient (Wildman–Crippen LogP) is 2.89. The van der Waals surface area contributed by atoms with Gasteiger partial charge in [0.2, 0.25) is 0 Å². The number of hydrogen-bond donors (Lipinski definition) is 0. The Bertz CT molecular complexity index is 1110. The van der Waals surface area contributed by atoms with Crippen molar-refractivity contribution in [2.75, 3.05) is 31.1 Å². The van der Waals surface area contributed by atoms with E-state index >= 15 is 0 Å². The second-order valence-electron chi connectivity index (χ2n) is 7.74. The first-order valence-corrected chi connectivity index (χ1v) is 11.4. The number of para-hydroxylation sites is 1. The monoisotopic (exact) mass is 384 g/mol. The van der Waals surface area contributed by atoms with Crippen LogP contribution in [0.1, 0.15) is 12.5 Å². The van der Waals surface area contributed by atoms with Gasteiger partial charge in [-0.2, -0.15) is 0 Å². The van der Waals surface area contributed by atoms with E-state index in [9.17, 15) is 8.42 Å². The number of fused-ring (bicyclic) bond motifs is 4. The topological polar surface area (TPSA) is 53.8 Å². The summed E-state index contributed by atoms with van der Waals surface area (Å²) < 4.78 is 30.5. The van der Waals surface area contributed by atoms with Crippen molar-refractivity contribution < 1.29 is 12.8 Å². The van der Waals surface area contributed by atoms with E-state index in [2.05, 4.69) is 34.9 Å². The van der Waals surface area contributed by atoms with Crippen molar-refractivity contribution in [1.82, 2.24) is 9.80 Å². The summed E-state index contributed by atoms with van der Waals surface area (Å²) in [6.45, 7) is 5.66. The minimum atomic E-state index is -2.95. The first-order valence-electron chi connectivity index (χ1n) is 9.63. The third-order valence-corrected chi connectivity index (χ3v) is 7.84. The molecule has 0 radical (unpaired) electrons. The largest absolute Gasteiger partial charge is 0.456 e. The van der Waals surface area contributed by atoms with Crippen molar-refractivity contribution in [3.63, 3.8) is 0 Å². The molecule has 2 aliphatic heterocycles. The molecule has 2 saturated heterocycles. The van der Waals surface area contributed by atoms with E-state index in [1.54, 1.807) is 0 Å². The molecule has 0 spiro atoms. The zero-order valence-corrected chi connectivity index (χ0v) is 16.3. The highest BCUT2D eigenvalue weighted by atomic mass is 32.2. The zero-order chi connectivity index (χ0) is 18.6. The molecule has 2 fully saturated rings. The number of sulfone groups is 1. The van der Waals surface area contributed by atoms with Crippen molar-refractivity contribution in [1.29, 1.82) is 0 Å². The van der Waals surface area contributed by atoms with Gasteiger partial charge in [-0.1, -0.05) is 31.2 Å². The van der Waals surface area contributed by atoms with E-state index in [1.165, 1.54) is 5.56 Å². The van der Waals surface area contributed by atoms with Crippen molar-refractivity contribution in [2.45, 2.75) is 25.6 Å². The molecule has 2 atom stereocenters. The van der Waals surface area contributed by atoms with Crippen LogP contribution in [0.3, 0.4) is 0 Å². The molecule has 1 aromatic heterocycles. The van der Waals surface area contributed by atoms with E-state index in [-0.39, 0.29) is 17.8 Å². The summed E-state index contributed by atoms with van der Waals surface area (Å²) >= 11 is 0. The molecule has 5 rings (SSSR count). The number of furan rings is 1. The van der Waals surface area contributed by atoms with Crippen LogP contribution in [-0.2, 0) is 16.4 Å². The quantitative estimate of drug-likeness (QED) is 0.695. The van der Waals surface area contributed by atoms with Crippen molar-refractivity contribution >= 4 is 31.8 Å². The fourth-order valence-corrected chi connectivity index (χ4v) is 6.83. The Labute approximate surface area is 159 Å². The van der Waals surface area contributed by atoms with E-state index in [4.69, 9.17) is 4.42 Å². The molecule has 142 valence electrons. The van der Waals surface area contributed by atoms with E-state index in [1.807, 2.05) is 24.3 Å². The summed E-state index contributed by atoms with van der Waals surface area (Å²) in [6.07, 6.45) is 0. The average Bonchev–Trinajstić information content (AvgIpc) is 3.18. The van der Waals surface area contributed by atoms with E-state index < -0.39 is 9.84 Å². The Morgan fingerprint density at radius 1 is 0.963 bits per heavy atom. The third-order valence-electron chi connectivity index (χ3n) is 6.14. The average molecular weight is 385 g/mol. The van der Waals surface area contributed by atoms with Crippen LogP contribution < -0.4 is 0 Å². The van der Waals surface area contributed by atoms with Crippen LogP contribution in [-0.4, -0.2) is 61.4 Å². The molecule has 0 amide bonds. The second kappa shape index (κ2) is 6.33. The summed E-state index contributed by atoms with van der Waals surface area (Å²) in [5, 5.41) is 2.26. The summed E-state index contributed by atoms with van der Waals surface area (Å²) in [5.41, 5.74) is 3.02. The normalized spacial score (nSPS) is 26.0. The molecular formula is C21H24N2O3S. The lowest BCUT2D eigenvalue weighted by Gasteiger charge is -2.43. The highest BCUT2D eigenvalue weighted by Crippen LogP contribution is 2.31. The Kier molecular flexibility index (Phi) is 4.04. The predicted molar refractivity (Wildman–Crippen MR) is 108 cm³/mol. The lowest BCUT2D eigenvalue weighted by atomic mass is 10.0. The van der Waals surface area contributed by atoms with Gasteiger partial charge in [0.1, 0.15) is 11.2 Å². The molecule has 0 aliphatic carbocycles. The lowest BCUT2D eigenvalue weighted by Crippen LogP contribution is -2.58.